The summed E-state index contributed by atoms with van der Waals surface area (Å²) < 4.78 is 5.64. The second-order valence-electron chi connectivity index (χ2n) is 4.37. The molecule has 82 valence electrons. The highest BCUT2D eigenvalue weighted by atomic mass is 16.5. The Bertz CT molecular complexity index is 344. The lowest BCUT2D eigenvalue weighted by Crippen LogP contribution is -2.21. The summed E-state index contributed by atoms with van der Waals surface area (Å²) in [6.45, 7) is 8.33. The molecule has 1 atom stereocenters. The van der Waals surface area contributed by atoms with E-state index in [0.717, 1.165) is 18.9 Å². The molecule has 0 spiro atoms. The van der Waals surface area contributed by atoms with E-state index < -0.39 is 0 Å². The van der Waals surface area contributed by atoms with Gasteiger partial charge in [-0.15, -0.1) is 0 Å². The molecule has 1 aromatic rings. The number of likely N-dealkylation sites (N-methyl/N-ethyl adjacent to an activating group) is 1. The van der Waals surface area contributed by atoms with E-state index in [9.17, 15) is 0 Å². The van der Waals surface area contributed by atoms with E-state index >= 15 is 0 Å². The average molecular weight is 205 g/mol. The molecular weight excluding hydrogens is 186 g/mol. The molecule has 0 amide bonds. The van der Waals surface area contributed by atoms with Gasteiger partial charge in [-0.1, -0.05) is 32.9 Å². The molecule has 1 unspecified atom stereocenters. The Morgan fingerprint density at radius 3 is 2.93 bits per heavy atom. The average Bonchev–Trinajstić information content (AvgIpc) is 2.61. The third-order valence-electron chi connectivity index (χ3n) is 2.93. The summed E-state index contributed by atoms with van der Waals surface area (Å²) in [6, 6.07) is 6.92. The van der Waals surface area contributed by atoms with Crippen LogP contribution in [0, 0.1) is 0 Å². The van der Waals surface area contributed by atoms with Crippen molar-refractivity contribution in [3.05, 3.63) is 29.3 Å². The van der Waals surface area contributed by atoms with Gasteiger partial charge in [0.25, 0.3) is 0 Å². The van der Waals surface area contributed by atoms with Crippen molar-refractivity contribution < 1.29 is 4.74 Å². The fraction of sp³-hybridized carbons (Fsp3) is 0.538. The van der Waals surface area contributed by atoms with Crippen LogP contribution in [0.3, 0.4) is 0 Å². The number of ether oxygens (including phenoxy) is 1. The molecule has 1 aromatic carbocycles. The lowest BCUT2D eigenvalue weighted by Gasteiger charge is -2.11. The Kier molecular flexibility index (Phi) is 2.96. The number of hydrogen-bond donors (Lipinski definition) is 1. The van der Waals surface area contributed by atoms with Crippen molar-refractivity contribution in [1.29, 1.82) is 0 Å². The van der Waals surface area contributed by atoms with E-state index in [1.54, 1.807) is 0 Å². The van der Waals surface area contributed by atoms with Crippen molar-refractivity contribution in [2.45, 2.75) is 32.7 Å². The Balaban J connectivity index is 2.29. The summed E-state index contributed by atoms with van der Waals surface area (Å²) in [5.74, 6) is 1.63. The minimum absolute atomic E-state index is 0.378. The first-order valence-corrected chi connectivity index (χ1v) is 5.72. The number of benzene rings is 1. The third-order valence-corrected chi connectivity index (χ3v) is 2.93. The van der Waals surface area contributed by atoms with E-state index in [4.69, 9.17) is 4.74 Å². The lowest BCUT2D eigenvalue weighted by atomic mass is 9.98. The van der Waals surface area contributed by atoms with Gasteiger partial charge in [0.05, 0.1) is 6.04 Å². The Hall–Kier alpha value is -1.02. The van der Waals surface area contributed by atoms with Gasteiger partial charge in [0.2, 0.25) is 0 Å². The highest BCUT2D eigenvalue weighted by molar-refractivity contribution is 5.43. The number of rotatable bonds is 3. The Labute approximate surface area is 91.6 Å². The predicted molar refractivity (Wildman–Crippen MR) is 62.4 cm³/mol. The zero-order valence-electron chi connectivity index (χ0n) is 9.71. The minimum atomic E-state index is 0.378. The third kappa shape index (κ3) is 2.00. The maximum atomic E-state index is 5.64. The van der Waals surface area contributed by atoms with Crippen LogP contribution in [0.25, 0.3) is 0 Å². The molecule has 1 heterocycles. The van der Waals surface area contributed by atoms with E-state index in [-0.39, 0.29) is 0 Å². The highest BCUT2D eigenvalue weighted by Crippen LogP contribution is 2.34. The first-order chi connectivity index (χ1) is 7.22. The van der Waals surface area contributed by atoms with Crippen molar-refractivity contribution in [3.63, 3.8) is 0 Å². The van der Waals surface area contributed by atoms with E-state index in [2.05, 4.69) is 44.3 Å². The Morgan fingerprint density at radius 1 is 1.47 bits per heavy atom. The van der Waals surface area contributed by atoms with Crippen LogP contribution in [0.2, 0.25) is 0 Å². The van der Waals surface area contributed by atoms with Crippen LogP contribution in [0.5, 0.6) is 5.75 Å². The van der Waals surface area contributed by atoms with Gasteiger partial charge in [0, 0.05) is 5.56 Å². The van der Waals surface area contributed by atoms with Crippen LogP contribution in [0.1, 0.15) is 43.9 Å². The molecule has 0 aliphatic carbocycles. The van der Waals surface area contributed by atoms with Gasteiger partial charge in [0.1, 0.15) is 12.4 Å². The monoisotopic (exact) mass is 205 g/mol. The van der Waals surface area contributed by atoms with Crippen molar-refractivity contribution in [2.75, 3.05) is 13.2 Å². The molecule has 1 aliphatic rings. The normalized spacial score (nSPS) is 19.1. The molecule has 0 saturated heterocycles. The standard InChI is InChI=1S/C13H19NO/c1-4-14-12-8-15-13-6-5-10(9(2)3)7-11(12)13/h5-7,9,12,14H,4,8H2,1-3H3. The van der Waals surface area contributed by atoms with Crippen LogP contribution in [0.15, 0.2) is 18.2 Å². The molecule has 15 heavy (non-hydrogen) atoms. The van der Waals surface area contributed by atoms with Gasteiger partial charge in [0.15, 0.2) is 0 Å². The molecule has 2 heteroatoms. The van der Waals surface area contributed by atoms with Crippen molar-refractivity contribution in [3.8, 4) is 5.75 Å². The molecule has 0 bridgehead atoms. The second kappa shape index (κ2) is 4.23. The van der Waals surface area contributed by atoms with Crippen LogP contribution in [-0.2, 0) is 0 Å². The summed E-state index contributed by atoms with van der Waals surface area (Å²) in [6.07, 6.45) is 0. The van der Waals surface area contributed by atoms with Gasteiger partial charge in [-0.05, 0) is 24.1 Å². The summed E-state index contributed by atoms with van der Waals surface area (Å²) in [5.41, 5.74) is 2.71. The largest absolute Gasteiger partial charge is 0.491 e. The maximum Gasteiger partial charge on any atom is 0.124 e. The van der Waals surface area contributed by atoms with E-state index in [1.807, 2.05) is 0 Å². The summed E-state index contributed by atoms with van der Waals surface area (Å²) >= 11 is 0. The van der Waals surface area contributed by atoms with Crippen LogP contribution in [-0.4, -0.2) is 13.2 Å². The maximum absolute atomic E-state index is 5.64. The van der Waals surface area contributed by atoms with E-state index in [0.29, 0.717) is 12.0 Å². The SMILES string of the molecule is CCNC1COc2ccc(C(C)C)cc21. The molecule has 2 rings (SSSR count). The fourth-order valence-electron chi connectivity index (χ4n) is 2.01. The van der Waals surface area contributed by atoms with Crippen molar-refractivity contribution in [1.82, 2.24) is 5.32 Å². The van der Waals surface area contributed by atoms with Gasteiger partial charge < -0.3 is 10.1 Å². The molecular formula is C13H19NO. The Morgan fingerprint density at radius 2 is 2.27 bits per heavy atom. The number of hydrogen-bond acceptors (Lipinski definition) is 2. The topological polar surface area (TPSA) is 21.3 Å². The summed E-state index contributed by atoms with van der Waals surface area (Å²) in [5, 5.41) is 3.44. The van der Waals surface area contributed by atoms with Crippen LogP contribution < -0.4 is 10.1 Å². The molecule has 0 saturated carbocycles. The molecule has 1 N–H and O–H groups in total. The van der Waals surface area contributed by atoms with Crippen molar-refractivity contribution in [2.24, 2.45) is 0 Å². The van der Waals surface area contributed by atoms with Gasteiger partial charge >= 0.3 is 0 Å². The highest BCUT2D eigenvalue weighted by Gasteiger charge is 2.23. The smallest absolute Gasteiger partial charge is 0.124 e. The first kappa shape index (κ1) is 10.5. The molecule has 2 nitrogen and oxygen atoms in total. The summed E-state index contributed by atoms with van der Waals surface area (Å²) in [7, 11) is 0. The summed E-state index contributed by atoms with van der Waals surface area (Å²) in [4.78, 5) is 0. The molecule has 0 aromatic heterocycles. The number of fused-ring (bicyclic) bond motifs is 1. The lowest BCUT2D eigenvalue weighted by molar-refractivity contribution is 0.313. The zero-order valence-corrected chi connectivity index (χ0v) is 9.71. The van der Waals surface area contributed by atoms with Crippen molar-refractivity contribution >= 4 is 0 Å². The van der Waals surface area contributed by atoms with Crippen LogP contribution >= 0.6 is 0 Å². The molecule has 0 fully saturated rings. The van der Waals surface area contributed by atoms with Gasteiger partial charge in [-0.25, -0.2) is 0 Å². The fourth-order valence-corrected chi connectivity index (χ4v) is 2.01. The van der Waals surface area contributed by atoms with Gasteiger partial charge in [-0.3, -0.25) is 0 Å². The van der Waals surface area contributed by atoms with Crippen LogP contribution in [0.4, 0.5) is 0 Å². The zero-order chi connectivity index (χ0) is 10.8. The quantitative estimate of drug-likeness (QED) is 0.819. The minimum Gasteiger partial charge on any atom is -0.491 e. The molecule has 0 radical (unpaired) electrons. The first-order valence-electron chi connectivity index (χ1n) is 5.72. The van der Waals surface area contributed by atoms with Gasteiger partial charge in [-0.2, -0.15) is 0 Å². The second-order valence-corrected chi connectivity index (χ2v) is 4.37. The number of nitrogens with one attached hydrogen (secondary N) is 1. The van der Waals surface area contributed by atoms with E-state index in [1.165, 1.54) is 11.1 Å². The molecule has 1 aliphatic heterocycles. The predicted octanol–water partition coefficient (Wildman–Crippen LogP) is 2.85.